The summed E-state index contributed by atoms with van der Waals surface area (Å²) < 4.78 is 2.55. The molecule has 0 spiro atoms. The summed E-state index contributed by atoms with van der Waals surface area (Å²) in [7, 11) is -1.36. The first kappa shape index (κ1) is 36.1. The van der Waals surface area contributed by atoms with Crippen LogP contribution in [-0.2, 0) is 26.5 Å². The van der Waals surface area contributed by atoms with Gasteiger partial charge >= 0.3 is 0 Å². The van der Waals surface area contributed by atoms with Crippen LogP contribution in [0, 0.1) is 25.0 Å². The fraction of sp³-hybridized carbons (Fsp3) is 0.244. The van der Waals surface area contributed by atoms with Crippen molar-refractivity contribution in [3.05, 3.63) is 139 Å². The minimum Gasteiger partial charge on any atom is -0.305 e. The Bertz CT molecular complexity index is 2180. The molecule has 0 bridgehead atoms. The van der Waals surface area contributed by atoms with Crippen LogP contribution in [0.15, 0.2) is 116 Å². The Balaban J connectivity index is 0.000000171. The summed E-state index contributed by atoms with van der Waals surface area (Å²) in [6.45, 7) is 9.40. The summed E-state index contributed by atoms with van der Waals surface area (Å²) in [4.78, 5) is 9.34. The van der Waals surface area contributed by atoms with E-state index in [9.17, 15) is 0 Å². The number of benzene rings is 4. The van der Waals surface area contributed by atoms with E-state index in [0.29, 0.717) is 0 Å². The predicted molar refractivity (Wildman–Crippen MR) is 213 cm³/mol. The maximum atomic E-state index is 4.77. The zero-order chi connectivity index (χ0) is 33.8. The Morgan fingerprint density at radius 2 is 1.54 bits per heavy atom. The van der Waals surface area contributed by atoms with Gasteiger partial charge < -0.3 is 9.97 Å². The van der Waals surface area contributed by atoms with E-state index >= 15 is 0 Å². The van der Waals surface area contributed by atoms with Crippen molar-refractivity contribution in [1.29, 1.82) is 0 Å². The Kier molecular flexibility index (Phi) is 11.6. The van der Waals surface area contributed by atoms with Gasteiger partial charge in [0.2, 0.25) is 0 Å². The van der Waals surface area contributed by atoms with Gasteiger partial charge in [0, 0.05) is 37.2 Å². The molecule has 0 atom stereocenters. The van der Waals surface area contributed by atoms with Crippen molar-refractivity contribution in [3.8, 4) is 33.6 Å². The first-order valence-corrected chi connectivity index (χ1v) is 22.0. The summed E-state index contributed by atoms with van der Waals surface area (Å²) in [6, 6.07) is 42.9. The van der Waals surface area contributed by atoms with Crippen molar-refractivity contribution in [2.45, 2.75) is 65.1 Å². The third-order valence-electron chi connectivity index (χ3n) is 9.73. The number of pyridine rings is 2. The van der Waals surface area contributed by atoms with Gasteiger partial charge in [-0.3, -0.25) is 0 Å². The summed E-state index contributed by atoms with van der Waals surface area (Å²) in [5, 5.41) is 4.12. The number of thiophene rings is 1. The van der Waals surface area contributed by atoms with E-state index in [1.165, 1.54) is 75.4 Å². The normalized spacial score (nSPS) is 13.4. The van der Waals surface area contributed by atoms with Crippen molar-refractivity contribution >= 4 is 44.8 Å². The molecule has 7 aromatic rings. The molecule has 255 valence electrons. The van der Waals surface area contributed by atoms with Crippen LogP contribution in [0.3, 0.4) is 0 Å². The van der Waals surface area contributed by atoms with Gasteiger partial charge in [-0.1, -0.05) is 117 Å². The zero-order valence-electron chi connectivity index (χ0n) is 29.4. The second-order valence-corrected chi connectivity index (χ2v) is 20.5. The average Bonchev–Trinajstić information content (AvgIpc) is 3.51. The van der Waals surface area contributed by atoms with Crippen LogP contribution in [0.2, 0.25) is 19.6 Å². The fourth-order valence-electron chi connectivity index (χ4n) is 7.16. The summed E-state index contributed by atoms with van der Waals surface area (Å²) in [5.74, 6) is 0.869. The van der Waals surface area contributed by atoms with Crippen molar-refractivity contribution < 1.29 is 20.1 Å². The maximum Gasteiger partial charge on any atom is 0.0798 e. The number of nitrogens with zero attached hydrogens (tertiary/aromatic N) is 2. The number of hydrogen-bond donors (Lipinski definition) is 0. The molecule has 0 aliphatic heterocycles. The van der Waals surface area contributed by atoms with E-state index in [4.69, 9.17) is 4.98 Å². The SMILES string of the molecule is C[Si](C)(C)c1cnc(-c2[c-]cccc2)cc1CC1CCCCC1.Cc1ccnc(-c2[c-]ccc3c2sc2ccc(-c4ccccc4)cc23)c1.[Ir]. The van der Waals surface area contributed by atoms with Gasteiger partial charge in [0.05, 0.1) is 8.07 Å². The van der Waals surface area contributed by atoms with Gasteiger partial charge in [-0.25, -0.2) is 0 Å². The van der Waals surface area contributed by atoms with Crippen molar-refractivity contribution in [2.24, 2.45) is 5.92 Å². The van der Waals surface area contributed by atoms with Crippen molar-refractivity contribution in [1.82, 2.24) is 9.97 Å². The maximum absolute atomic E-state index is 4.77. The van der Waals surface area contributed by atoms with Gasteiger partial charge in [0.15, 0.2) is 0 Å². The van der Waals surface area contributed by atoms with E-state index in [-0.39, 0.29) is 20.1 Å². The van der Waals surface area contributed by atoms with Gasteiger partial charge in [-0.15, -0.1) is 59.7 Å². The summed E-state index contributed by atoms with van der Waals surface area (Å²) in [5.41, 5.74) is 9.54. The minimum atomic E-state index is -1.36. The van der Waals surface area contributed by atoms with Crippen LogP contribution in [0.5, 0.6) is 0 Å². The predicted octanol–water partition coefficient (Wildman–Crippen LogP) is 12.1. The number of fused-ring (bicyclic) bond motifs is 3. The van der Waals surface area contributed by atoms with Gasteiger partial charge in [-0.05, 0) is 75.2 Å². The largest absolute Gasteiger partial charge is 0.305 e. The first-order chi connectivity index (χ1) is 23.8. The third-order valence-corrected chi connectivity index (χ3v) is 13.0. The second kappa shape index (κ2) is 16.1. The third kappa shape index (κ3) is 8.24. The molecule has 4 aromatic carbocycles. The molecule has 1 aliphatic rings. The Morgan fingerprint density at radius 1 is 0.740 bits per heavy atom. The standard InChI is InChI=1S/C24H16NS.C21H28NSi.Ir/c1-16-12-13-25-22(14-16)20-9-5-8-19-21-15-18(17-6-3-2-4-7-17)10-11-23(21)26-24(19)20;1-23(2,3)21-16-22-20(18-12-8-5-9-13-18)15-19(21)14-17-10-6-4-7-11-17;/h2-8,10-15H,1H3;5,8-9,12,15-17H,4,6-7,10-11,14H2,1-3H3;/q2*-1;. The molecule has 2 nitrogen and oxygen atoms in total. The summed E-state index contributed by atoms with van der Waals surface area (Å²) in [6.07, 6.45) is 12.3. The summed E-state index contributed by atoms with van der Waals surface area (Å²) >= 11 is 1.82. The molecule has 0 unspecified atom stereocenters. The van der Waals surface area contributed by atoms with E-state index in [2.05, 4.69) is 129 Å². The Morgan fingerprint density at radius 3 is 2.28 bits per heavy atom. The molecule has 8 rings (SSSR count). The van der Waals surface area contributed by atoms with Crippen LogP contribution >= 0.6 is 11.3 Å². The Hall–Kier alpha value is -3.73. The van der Waals surface area contributed by atoms with Gasteiger partial charge in [0.25, 0.3) is 0 Å². The van der Waals surface area contributed by atoms with E-state index in [1.807, 2.05) is 41.8 Å². The molecule has 5 heteroatoms. The molecule has 0 saturated heterocycles. The van der Waals surface area contributed by atoms with Crippen molar-refractivity contribution in [2.75, 3.05) is 0 Å². The van der Waals surface area contributed by atoms with Gasteiger partial charge in [-0.2, -0.15) is 11.3 Å². The van der Waals surface area contributed by atoms with Crippen LogP contribution in [0.1, 0.15) is 43.2 Å². The molecule has 50 heavy (non-hydrogen) atoms. The monoisotopic (exact) mass is 865 g/mol. The van der Waals surface area contributed by atoms with Crippen LogP contribution in [-0.4, -0.2) is 18.0 Å². The number of hydrogen-bond acceptors (Lipinski definition) is 3. The van der Waals surface area contributed by atoms with Crippen molar-refractivity contribution in [3.63, 3.8) is 0 Å². The molecular weight excluding hydrogens is 821 g/mol. The number of aromatic nitrogens is 2. The molecule has 1 radical (unpaired) electrons. The second-order valence-electron chi connectivity index (χ2n) is 14.5. The smallest absolute Gasteiger partial charge is 0.0798 e. The van der Waals surface area contributed by atoms with E-state index in [1.54, 1.807) is 10.8 Å². The topological polar surface area (TPSA) is 25.8 Å². The molecule has 1 fully saturated rings. The average molecular weight is 865 g/mol. The molecule has 0 amide bonds. The first-order valence-electron chi connectivity index (χ1n) is 17.7. The number of rotatable bonds is 6. The number of aryl methyl sites for hydroxylation is 1. The van der Waals surface area contributed by atoms with E-state index < -0.39 is 8.07 Å². The van der Waals surface area contributed by atoms with Crippen LogP contribution in [0.25, 0.3) is 53.8 Å². The van der Waals surface area contributed by atoms with Crippen LogP contribution in [0.4, 0.5) is 0 Å². The minimum absolute atomic E-state index is 0. The molecule has 3 heterocycles. The van der Waals surface area contributed by atoms with E-state index in [0.717, 1.165) is 28.4 Å². The Labute approximate surface area is 316 Å². The molecule has 1 saturated carbocycles. The van der Waals surface area contributed by atoms with Gasteiger partial charge in [0.1, 0.15) is 0 Å². The molecular formula is C45H44IrN2SSi-2. The quantitative estimate of drug-likeness (QED) is 0.123. The molecule has 1 aliphatic carbocycles. The molecule has 3 aromatic heterocycles. The zero-order valence-corrected chi connectivity index (χ0v) is 33.6. The molecule has 0 N–H and O–H groups in total. The van der Waals surface area contributed by atoms with Crippen LogP contribution < -0.4 is 5.19 Å². The fourth-order valence-corrected chi connectivity index (χ4v) is 9.94.